The van der Waals surface area contributed by atoms with Gasteiger partial charge in [-0.2, -0.15) is 10.5 Å². The summed E-state index contributed by atoms with van der Waals surface area (Å²) in [5, 5.41) is 22.5. The number of nitrogens with zero attached hydrogens (tertiary/aromatic N) is 4. The first-order valence-electron chi connectivity index (χ1n) is 13.1. The van der Waals surface area contributed by atoms with Gasteiger partial charge in [-0.1, -0.05) is 18.2 Å². The van der Waals surface area contributed by atoms with E-state index in [1.54, 1.807) is 57.3 Å². The molecule has 0 radical (unpaired) electrons. The molecule has 210 valence electrons. The molecule has 0 saturated carbocycles. The molecule has 1 aliphatic rings. The number of anilines is 1. The van der Waals surface area contributed by atoms with Gasteiger partial charge in [-0.25, -0.2) is 19.0 Å². The Kier molecular flexibility index (Phi) is 8.53. The van der Waals surface area contributed by atoms with E-state index in [-0.39, 0.29) is 17.2 Å². The van der Waals surface area contributed by atoms with E-state index in [4.69, 9.17) is 9.47 Å². The van der Waals surface area contributed by atoms with Crippen LogP contribution in [0, 0.1) is 28.5 Å². The van der Waals surface area contributed by atoms with E-state index in [0.717, 1.165) is 0 Å². The molecule has 0 spiro atoms. The van der Waals surface area contributed by atoms with Crippen LogP contribution in [-0.2, 0) is 9.47 Å². The maximum absolute atomic E-state index is 14.8. The smallest absolute Gasteiger partial charge is 0.407 e. The lowest BCUT2D eigenvalue weighted by atomic mass is 9.91. The Hall–Kier alpha value is -4.96. The molecule has 1 fully saturated rings. The first kappa shape index (κ1) is 29.0. The van der Waals surface area contributed by atoms with Crippen molar-refractivity contribution in [3.8, 4) is 34.4 Å². The van der Waals surface area contributed by atoms with Crippen molar-refractivity contribution in [1.29, 1.82) is 10.5 Å². The summed E-state index contributed by atoms with van der Waals surface area (Å²) in [6.45, 7) is 6.46. The number of hydrogen-bond acceptors (Lipinski definition) is 8. The van der Waals surface area contributed by atoms with E-state index in [2.05, 4.69) is 16.4 Å². The summed E-state index contributed by atoms with van der Waals surface area (Å²) < 4.78 is 24.9. The van der Waals surface area contributed by atoms with Gasteiger partial charge in [0.25, 0.3) is 0 Å². The minimum Gasteiger partial charge on any atom is -0.465 e. The summed E-state index contributed by atoms with van der Waals surface area (Å²) in [4.78, 5) is 30.8. The number of methoxy groups -OCH3 is 1. The Balaban J connectivity index is 1.71. The van der Waals surface area contributed by atoms with Gasteiger partial charge in [-0.05, 0) is 69.0 Å². The Morgan fingerprint density at radius 1 is 1.05 bits per heavy atom. The molecule has 1 aliphatic heterocycles. The summed E-state index contributed by atoms with van der Waals surface area (Å²) >= 11 is 0. The number of amides is 1. The van der Waals surface area contributed by atoms with Crippen LogP contribution in [0.3, 0.4) is 0 Å². The lowest BCUT2D eigenvalue weighted by molar-refractivity contribution is 0.0496. The predicted molar refractivity (Wildman–Crippen MR) is 150 cm³/mol. The van der Waals surface area contributed by atoms with Crippen LogP contribution in [0.25, 0.3) is 22.3 Å². The zero-order chi connectivity index (χ0) is 29.7. The second-order valence-electron chi connectivity index (χ2n) is 10.6. The third-order valence-electron chi connectivity index (χ3n) is 6.68. The molecular weight excluding hydrogens is 525 g/mol. The van der Waals surface area contributed by atoms with E-state index in [9.17, 15) is 24.5 Å². The normalized spacial score (nSPS) is 13.6. The van der Waals surface area contributed by atoms with Crippen molar-refractivity contribution in [2.45, 2.75) is 45.3 Å². The number of benzene rings is 2. The van der Waals surface area contributed by atoms with Gasteiger partial charge in [-0.15, -0.1) is 0 Å². The number of pyridine rings is 1. The molecule has 1 saturated heterocycles. The number of ether oxygens (including phenoxy) is 2. The molecule has 0 unspecified atom stereocenters. The zero-order valence-electron chi connectivity index (χ0n) is 23.3. The van der Waals surface area contributed by atoms with Crippen molar-refractivity contribution >= 4 is 17.9 Å². The van der Waals surface area contributed by atoms with Crippen molar-refractivity contribution in [3.05, 3.63) is 71.2 Å². The third kappa shape index (κ3) is 6.62. The number of carbonyl (C=O) groups is 2. The number of alkyl carbamates (subject to hydrolysis) is 1. The summed E-state index contributed by atoms with van der Waals surface area (Å²) in [6.07, 6.45) is 2.38. The molecule has 0 bridgehead atoms. The number of rotatable bonds is 5. The maximum atomic E-state index is 14.8. The van der Waals surface area contributed by atoms with E-state index in [1.165, 1.54) is 19.2 Å². The lowest BCUT2D eigenvalue weighted by Gasteiger charge is -2.34. The molecule has 1 amide bonds. The van der Waals surface area contributed by atoms with Gasteiger partial charge >= 0.3 is 12.1 Å². The average molecular weight is 556 g/mol. The Bertz CT molecular complexity index is 1540. The largest absolute Gasteiger partial charge is 0.465 e. The number of hydrogen-bond donors (Lipinski definition) is 1. The lowest BCUT2D eigenvalue weighted by Crippen LogP contribution is -2.46. The van der Waals surface area contributed by atoms with Crippen molar-refractivity contribution < 1.29 is 23.5 Å². The van der Waals surface area contributed by atoms with E-state index in [0.29, 0.717) is 59.6 Å². The minimum atomic E-state index is -0.701. The van der Waals surface area contributed by atoms with Crippen LogP contribution in [0.15, 0.2) is 48.7 Å². The monoisotopic (exact) mass is 555 g/mol. The van der Waals surface area contributed by atoms with Gasteiger partial charge in [0.2, 0.25) is 0 Å². The molecule has 41 heavy (non-hydrogen) atoms. The van der Waals surface area contributed by atoms with Gasteiger partial charge in [0, 0.05) is 36.5 Å². The van der Waals surface area contributed by atoms with Crippen molar-refractivity contribution in [3.63, 3.8) is 0 Å². The minimum absolute atomic E-state index is 0.0914. The van der Waals surface area contributed by atoms with Crippen LogP contribution >= 0.6 is 0 Å². The number of piperidine rings is 1. The fraction of sp³-hybridized carbons (Fsp3) is 0.323. The molecule has 10 heteroatoms. The third-order valence-corrected chi connectivity index (χ3v) is 6.68. The van der Waals surface area contributed by atoms with Gasteiger partial charge in [0.1, 0.15) is 34.9 Å². The van der Waals surface area contributed by atoms with Crippen LogP contribution in [-0.4, -0.2) is 48.9 Å². The number of esters is 1. The molecule has 0 aliphatic carbocycles. The SMILES string of the molecule is COC(=O)c1ccc(-c2cnc(N3CCC(NC(=O)OC(C)(C)C)CC3)c(C#N)c2-c2ccc(C#N)c(F)c2)cc1. The molecule has 2 heterocycles. The van der Waals surface area contributed by atoms with Crippen molar-refractivity contribution in [2.24, 2.45) is 0 Å². The van der Waals surface area contributed by atoms with Crippen LogP contribution < -0.4 is 10.2 Å². The van der Waals surface area contributed by atoms with E-state index in [1.807, 2.05) is 11.0 Å². The number of carbonyl (C=O) groups excluding carboxylic acids is 2. The Morgan fingerprint density at radius 2 is 1.71 bits per heavy atom. The molecule has 9 nitrogen and oxygen atoms in total. The molecule has 3 aromatic rings. The number of nitriles is 2. The standard InChI is InChI=1S/C31H30FN5O4/c1-31(2,3)41-30(39)36-23-11-13-37(14-12-23)28-24(17-34)27(21-9-10-22(16-33)26(32)15-21)25(18-35-28)19-5-7-20(8-6-19)29(38)40-4/h5-10,15,18,23H,11-14H2,1-4H3,(H,36,39). The second-order valence-corrected chi connectivity index (χ2v) is 10.6. The summed E-state index contributed by atoms with van der Waals surface area (Å²) in [5.41, 5.74) is 2.00. The van der Waals surface area contributed by atoms with E-state index >= 15 is 0 Å². The fourth-order valence-corrected chi connectivity index (χ4v) is 4.74. The highest BCUT2D eigenvalue weighted by Crippen LogP contribution is 2.39. The van der Waals surface area contributed by atoms with Crippen LogP contribution in [0.5, 0.6) is 0 Å². The number of nitrogens with one attached hydrogen (secondary N) is 1. The molecule has 2 aromatic carbocycles. The number of halogens is 1. The topological polar surface area (TPSA) is 128 Å². The Labute approximate surface area is 238 Å². The average Bonchev–Trinajstić information content (AvgIpc) is 2.95. The van der Waals surface area contributed by atoms with Crippen molar-refractivity contribution in [1.82, 2.24) is 10.3 Å². The van der Waals surface area contributed by atoms with Crippen LogP contribution in [0.2, 0.25) is 0 Å². The maximum Gasteiger partial charge on any atom is 0.407 e. The first-order chi connectivity index (χ1) is 19.5. The molecule has 0 atom stereocenters. The molecule has 1 aromatic heterocycles. The van der Waals surface area contributed by atoms with Gasteiger partial charge in [0.15, 0.2) is 0 Å². The van der Waals surface area contributed by atoms with E-state index < -0.39 is 23.5 Å². The van der Waals surface area contributed by atoms with Gasteiger partial charge in [-0.3, -0.25) is 0 Å². The molecule has 1 N–H and O–H groups in total. The van der Waals surface area contributed by atoms with Crippen LogP contribution in [0.4, 0.5) is 15.0 Å². The highest BCUT2D eigenvalue weighted by molar-refractivity contribution is 5.93. The molecule has 4 rings (SSSR count). The zero-order valence-corrected chi connectivity index (χ0v) is 23.3. The highest BCUT2D eigenvalue weighted by Gasteiger charge is 2.28. The van der Waals surface area contributed by atoms with Crippen LogP contribution in [0.1, 0.15) is 55.1 Å². The fourth-order valence-electron chi connectivity index (χ4n) is 4.74. The summed E-state index contributed by atoms with van der Waals surface area (Å²) in [7, 11) is 1.30. The quantitative estimate of drug-likeness (QED) is 0.404. The summed E-state index contributed by atoms with van der Waals surface area (Å²) in [5.74, 6) is -0.743. The van der Waals surface area contributed by atoms with Gasteiger partial charge in [0.05, 0.1) is 18.2 Å². The summed E-state index contributed by atoms with van der Waals surface area (Å²) in [6, 6.07) is 14.8. The second kappa shape index (κ2) is 12.1. The highest BCUT2D eigenvalue weighted by atomic mass is 19.1. The Morgan fingerprint density at radius 3 is 2.27 bits per heavy atom. The predicted octanol–water partition coefficient (Wildman–Crippen LogP) is 5.58. The van der Waals surface area contributed by atoms with Gasteiger partial charge < -0.3 is 19.7 Å². The first-order valence-corrected chi connectivity index (χ1v) is 13.1. The van der Waals surface area contributed by atoms with Crippen molar-refractivity contribution in [2.75, 3.05) is 25.1 Å². The number of aromatic nitrogens is 1. The molecular formula is C31H30FN5O4.